The second-order valence-corrected chi connectivity index (χ2v) is 6.55. The maximum absolute atomic E-state index is 12.1. The third kappa shape index (κ3) is 4.47. The molecule has 0 aliphatic heterocycles. The number of aromatic hydroxyl groups is 1. The molecule has 0 saturated carbocycles. The highest BCUT2D eigenvalue weighted by Gasteiger charge is 2.11. The Labute approximate surface area is 168 Å². The molecule has 0 fully saturated rings. The molecule has 2 aromatic carbocycles. The minimum absolute atomic E-state index is 0.0892. The lowest BCUT2D eigenvalue weighted by atomic mass is 10.1. The molecule has 8 heteroatoms. The van der Waals surface area contributed by atoms with Gasteiger partial charge in [-0.25, -0.2) is 10.2 Å². The molecule has 7 nitrogen and oxygen atoms in total. The van der Waals surface area contributed by atoms with Crippen LogP contribution in [0.15, 0.2) is 68.6 Å². The third-order valence-corrected chi connectivity index (χ3v) is 4.25. The largest absolute Gasteiger partial charge is 0.507 e. The lowest BCUT2D eigenvalue weighted by Gasteiger charge is -2.03. The number of phenolic OH excluding ortho intramolecular Hbond substituents is 1. The number of carbonyl (C=O) groups is 2. The molecular formula is C20H15BrN2O5. The molecule has 1 heterocycles. The molecule has 3 aromatic rings. The first-order valence-electron chi connectivity index (χ1n) is 8.08. The summed E-state index contributed by atoms with van der Waals surface area (Å²) in [6.07, 6.45) is 1.33. The molecule has 0 spiro atoms. The Bertz CT molecular complexity index is 1060. The van der Waals surface area contributed by atoms with Crippen LogP contribution < -0.4 is 5.43 Å². The van der Waals surface area contributed by atoms with E-state index in [1.807, 2.05) is 0 Å². The molecule has 28 heavy (non-hydrogen) atoms. The number of halogens is 1. The van der Waals surface area contributed by atoms with Gasteiger partial charge in [-0.05, 0) is 42.5 Å². The van der Waals surface area contributed by atoms with E-state index in [1.165, 1.54) is 25.5 Å². The van der Waals surface area contributed by atoms with Gasteiger partial charge in [0.25, 0.3) is 5.91 Å². The number of amides is 1. The van der Waals surface area contributed by atoms with Gasteiger partial charge in [0.2, 0.25) is 0 Å². The van der Waals surface area contributed by atoms with Gasteiger partial charge in [-0.2, -0.15) is 5.10 Å². The quantitative estimate of drug-likeness (QED) is 0.353. The summed E-state index contributed by atoms with van der Waals surface area (Å²) in [6, 6.07) is 14.7. The number of rotatable bonds is 5. The van der Waals surface area contributed by atoms with Crippen molar-refractivity contribution in [2.45, 2.75) is 0 Å². The fourth-order valence-electron chi connectivity index (χ4n) is 2.40. The topological polar surface area (TPSA) is 101 Å². The van der Waals surface area contributed by atoms with Gasteiger partial charge in [0.05, 0.1) is 24.5 Å². The van der Waals surface area contributed by atoms with Crippen molar-refractivity contribution in [1.29, 1.82) is 0 Å². The number of furan rings is 1. The van der Waals surface area contributed by atoms with E-state index in [-0.39, 0.29) is 11.3 Å². The second kappa shape index (κ2) is 8.53. The zero-order valence-electron chi connectivity index (χ0n) is 14.7. The zero-order chi connectivity index (χ0) is 20.1. The molecule has 0 atom stereocenters. The fraction of sp³-hybridized carbons (Fsp3) is 0.0500. The van der Waals surface area contributed by atoms with E-state index < -0.39 is 11.9 Å². The number of hydrogen-bond donors (Lipinski definition) is 2. The van der Waals surface area contributed by atoms with Crippen LogP contribution in [0.25, 0.3) is 11.3 Å². The van der Waals surface area contributed by atoms with Crippen molar-refractivity contribution in [3.05, 3.63) is 76.0 Å². The SMILES string of the molecule is COC(=O)c1cccc(-c2ccc(/C=N/NC(=O)c3cc(Br)ccc3O)o2)c1. The average Bonchev–Trinajstić information content (AvgIpc) is 3.18. The number of methoxy groups -OCH3 is 1. The van der Waals surface area contributed by atoms with Crippen molar-refractivity contribution in [3.8, 4) is 17.1 Å². The molecule has 0 unspecified atom stereocenters. The van der Waals surface area contributed by atoms with Crippen molar-refractivity contribution in [3.63, 3.8) is 0 Å². The van der Waals surface area contributed by atoms with Crippen LogP contribution in [0.5, 0.6) is 5.75 Å². The maximum Gasteiger partial charge on any atom is 0.337 e. The van der Waals surface area contributed by atoms with Crippen LogP contribution in [0, 0.1) is 0 Å². The molecule has 142 valence electrons. The maximum atomic E-state index is 12.1. The van der Waals surface area contributed by atoms with E-state index >= 15 is 0 Å². The molecule has 3 rings (SSSR count). The van der Waals surface area contributed by atoms with E-state index in [2.05, 4.69) is 26.5 Å². The van der Waals surface area contributed by atoms with Crippen LogP contribution in [0.2, 0.25) is 0 Å². The first kappa shape index (κ1) is 19.4. The van der Waals surface area contributed by atoms with Crippen molar-refractivity contribution < 1.29 is 23.8 Å². The minimum Gasteiger partial charge on any atom is -0.507 e. The molecule has 2 N–H and O–H groups in total. The van der Waals surface area contributed by atoms with E-state index in [1.54, 1.807) is 42.5 Å². The standard InChI is InChI=1S/C20H15BrN2O5/c1-27-20(26)13-4-2-3-12(9-13)18-8-6-15(28-18)11-22-23-19(25)16-10-14(21)5-7-17(16)24/h2-11,24H,1H3,(H,23,25)/b22-11+. The molecule has 0 bridgehead atoms. The Hall–Kier alpha value is -3.39. The number of hydrogen-bond acceptors (Lipinski definition) is 6. The van der Waals surface area contributed by atoms with Gasteiger partial charge in [0.1, 0.15) is 17.3 Å². The number of ether oxygens (including phenoxy) is 1. The second-order valence-electron chi connectivity index (χ2n) is 5.63. The van der Waals surface area contributed by atoms with E-state index in [0.29, 0.717) is 27.1 Å². The lowest BCUT2D eigenvalue weighted by molar-refractivity contribution is 0.0600. The Morgan fingerprint density at radius 1 is 1.18 bits per heavy atom. The van der Waals surface area contributed by atoms with Crippen molar-refractivity contribution in [2.75, 3.05) is 7.11 Å². The number of nitrogens with zero attached hydrogens (tertiary/aromatic N) is 1. The van der Waals surface area contributed by atoms with Crippen molar-refractivity contribution >= 4 is 34.0 Å². The highest BCUT2D eigenvalue weighted by molar-refractivity contribution is 9.10. The molecule has 0 radical (unpaired) electrons. The number of hydrazone groups is 1. The van der Waals surface area contributed by atoms with Gasteiger partial charge in [-0.15, -0.1) is 0 Å². The van der Waals surface area contributed by atoms with Gasteiger partial charge < -0.3 is 14.3 Å². The van der Waals surface area contributed by atoms with Crippen LogP contribution in [0.1, 0.15) is 26.5 Å². The summed E-state index contributed by atoms with van der Waals surface area (Å²) in [5.74, 6) is -0.219. The summed E-state index contributed by atoms with van der Waals surface area (Å²) in [5, 5.41) is 13.6. The molecule has 0 saturated heterocycles. The molecule has 1 amide bonds. The van der Waals surface area contributed by atoms with Crippen molar-refractivity contribution in [2.24, 2.45) is 5.10 Å². The Balaban J connectivity index is 1.70. The van der Waals surface area contributed by atoms with Crippen molar-refractivity contribution in [1.82, 2.24) is 5.43 Å². The molecule has 0 aliphatic carbocycles. The summed E-state index contributed by atoms with van der Waals surface area (Å²) >= 11 is 3.24. The summed E-state index contributed by atoms with van der Waals surface area (Å²) in [4.78, 5) is 23.7. The lowest BCUT2D eigenvalue weighted by Crippen LogP contribution is -2.17. The first-order chi connectivity index (χ1) is 13.5. The number of benzene rings is 2. The summed E-state index contributed by atoms with van der Waals surface area (Å²) in [6.45, 7) is 0. The minimum atomic E-state index is -0.562. The van der Waals surface area contributed by atoms with Crippen LogP contribution in [0.4, 0.5) is 0 Å². The predicted molar refractivity (Wildman–Crippen MR) is 106 cm³/mol. The van der Waals surface area contributed by atoms with E-state index in [9.17, 15) is 14.7 Å². The number of esters is 1. The Morgan fingerprint density at radius 2 is 2.00 bits per heavy atom. The number of carbonyl (C=O) groups excluding carboxylic acids is 2. The van der Waals surface area contributed by atoms with Gasteiger partial charge >= 0.3 is 5.97 Å². The van der Waals surface area contributed by atoms with E-state index in [4.69, 9.17) is 9.15 Å². The molecular weight excluding hydrogens is 428 g/mol. The van der Waals surface area contributed by atoms with Gasteiger partial charge in [-0.1, -0.05) is 28.1 Å². The monoisotopic (exact) mass is 442 g/mol. The molecule has 0 aliphatic rings. The predicted octanol–water partition coefficient (Wildman–Crippen LogP) is 3.97. The van der Waals surface area contributed by atoms with E-state index in [0.717, 1.165) is 0 Å². The zero-order valence-corrected chi connectivity index (χ0v) is 16.3. The van der Waals surface area contributed by atoms with Gasteiger partial charge in [-0.3, -0.25) is 4.79 Å². The average molecular weight is 443 g/mol. The summed E-state index contributed by atoms with van der Waals surface area (Å²) in [5.41, 5.74) is 3.52. The van der Waals surface area contributed by atoms with Crippen LogP contribution >= 0.6 is 15.9 Å². The Kier molecular flexibility index (Phi) is 5.90. The number of nitrogens with one attached hydrogen (secondary N) is 1. The van der Waals surface area contributed by atoms with Gasteiger partial charge in [0, 0.05) is 10.0 Å². The highest BCUT2D eigenvalue weighted by Crippen LogP contribution is 2.23. The van der Waals surface area contributed by atoms with Crippen LogP contribution in [0.3, 0.4) is 0 Å². The fourth-order valence-corrected chi connectivity index (χ4v) is 2.76. The smallest absolute Gasteiger partial charge is 0.337 e. The highest BCUT2D eigenvalue weighted by atomic mass is 79.9. The summed E-state index contributed by atoms with van der Waals surface area (Å²) in [7, 11) is 1.32. The number of phenols is 1. The van der Waals surface area contributed by atoms with Crippen LogP contribution in [-0.4, -0.2) is 30.3 Å². The van der Waals surface area contributed by atoms with Crippen LogP contribution in [-0.2, 0) is 4.74 Å². The molecule has 1 aromatic heterocycles. The Morgan fingerprint density at radius 3 is 2.79 bits per heavy atom. The third-order valence-electron chi connectivity index (χ3n) is 3.76. The summed E-state index contributed by atoms with van der Waals surface area (Å²) < 4.78 is 11.0. The normalized spacial score (nSPS) is 10.8. The van der Waals surface area contributed by atoms with Gasteiger partial charge in [0.15, 0.2) is 0 Å². The first-order valence-corrected chi connectivity index (χ1v) is 8.88.